The molecule has 0 bridgehead atoms. The van der Waals surface area contributed by atoms with E-state index in [1.807, 2.05) is 48.5 Å². The summed E-state index contributed by atoms with van der Waals surface area (Å²) in [5, 5.41) is 5.39. The van der Waals surface area contributed by atoms with Crippen LogP contribution in [0.1, 0.15) is 29.9 Å². The quantitative estimate of drug-likeness (QED) is 0.689. The number of para-hydroxylation sites is 1. The second kappa shape index (κ2) is 9.21. The van der Waals surface area contributed by atoms with Crippen LogP contribution in [0.15, 0.2) is 54.6 Å². The van der Waals surface area contributed by atoms with Crippen LogP contribution in [0.25, 0.3) is 0 Å². The van der Waals surface area contributed by atoms with Crippen LogP contribution in [-0.2, 0) is 30.3 Å². The van der Waals surface area contributed by atoms with Crippen molar-refractivity contribution in [1.29, 1.82) is 0 Å². The number of benzene rings is 2. The fourth-order valence-electron chi connectivity index (χ4n) is 4.28. The molecule has 0 saturated carbocycles. The van der Waals surface area contributed by atoms with Gasteiger partial charge in [0.2, 0.25) is 5.91 Å². The van der Waals surface area contributed by atoms with Crippen molar-refractivity contribution in [2.24, 2.45) is 0 Å². The molecule has 0 unspecified atom stereocenters. The maximum Gasteiger partial charge on any atom is 0.306 e. The molecule has 2 N–H and O–H groups in total. The Morgan fingerprint density at radius 2 is 1.78 bits per heavy atom. The predicted octanol–water partition coefficient (Wildman–Crippen LogP) is 1.30. The maximum atomic E-state index is 13.8. The molecule has 0 radical (unpaired) electrons. The number of anilines is 1. The lowest BCUT2D eigenvalue weighted by Crippen LogP contribution is -2.54. The van der Waals surface area contributed by atoms with Gasteiger partial charge in [0, 0.05) is 31.5 Å². The van der Waals surface area contributed by atoms with Crippen LogP contribution in [0, 0.1) is 0 Å². The van der Waals surface area contributed by atoms with Crippen molar-refractivity contribution >= 4 is 29.4 Å². The van der Waals surface area contributed by atoms with Gasteiger partial charge in [-0.25, -0.2) is 0 Å². The van der Waals surface area contributed by atoms with Crippen molar-refractivity contribution in [2.75, 3.05) is 18.5 Å². The van der Waals surface area contributed by atoms with E-state index < -0.39 is 24.0 Å². The first-order valence-corrected chi connectivity index (χ1v) is 10.6. The Morgan fingerprint density at radius 1 is 1.06 bits per heavy atom. The topological polar surface area (TPSA) is 105 Å². The SMILES string of the molecule is CNC(=O)CN1C(=O)[C@H](NC(=O)[C@@H]2CCC(=O)O2)[C@@H](c2ccccc2)Cc2ccccc21. The number of fused-ring (bicyclic) bond motifs is 1. The monoisotopic (exact) mass is 435 g/mol. The van der Waals surface area contributed by atoms with Gasteiger partial charge in [0.15, 0.2) is 6.10 Å². The highest BCUT2D eigenvalue weighted by Crippen LogP contribution is 2.35. The number of amides is 3. The molecule has 2 aromatic carbocycles. The second-order valence-corrected chi connectivity index (χ2v) is 7.95. The molecule has 2 heterocycles. The highest BCUT2D eigenvalue weighted by Gasteiger charge is 2.41. The summed E-state index contributed by atoms with van der Waals surface area (Å²) in [6.45, 7) is -0.168. The van der Waals surface area contributed by atoms with E-state index in [0.717, 1.165) is 11.1 Å². The Hall–Kier alpha value is -3.68. The number of carbonyl (C=O) groups is 4. The standard InChI is InChI=1S/C24H25N3O5/c1-25-20(28)14-27-18-10-6-5-9-16(18)13-17(15-7-3-2-4-8-15)22(24(27)31)26-23(30)19-11-12-21(29)32-19/h2-10,17,19,22H,11-14H2,1H3,(H,25,28)(H,26,30)/t17-,19+,22-/m1/s1. The molecule has 2 aliphatic heterocycles. The lowest BCUT2D eigenvalue weighted by molar-refractivity contribution is -0.148. The molecule has 0 aliphatic carbocycles. The first-order chi connectivity index (χ1) is 15.5. The summed E-state index contributed by atoms with van der Waals surface area (Å²) >= 11 is 0. The largest absolute Gasteiger partial charge is 0.452 e. The van der Waals surface area contributed by atoms with Crippen LogP contribution >= 0.6 is 0 Å². The molecule has 1 fully saturated rings. The van der Waals surface area contributed by atoms with E-state index in [-0.39, 0.29) is 37.1 Å². The number of ether oxygens (including phenoxy) is 1. The number of nitrogens with one attached hydrogen (secondary N) is 2. The number of cyclic esters (lactones) is 1. The summed E-state index contributed by atoms with van der Waals surface area (Å²) in [7, 11) is 1.51. The maximum absolute atomic E-state index is 13.8. The lowest BCUT2D eigenvalue weighted by Gasteiger charge is -2.29. The van der Waals surface area contributed by atoms with Gasteiger partial charge in [-0.15, -0.1) is 0 Å². The fraction of sp³-hybridized carbons (Fsp3) is 0.333. The summed E-state index contributed by atoms with van der Waals surface area (Å²) in [6, 6.07) is 16.0. The molecule has 8 nitrogen and oxygen atoms in total. The zero-order valence-corrected chi connectivity index (χ0v) is 17.7. The first kappa shape index (κ1) is 21.5. The van der Waals surface area contributed by atoms with Crippen LogP contribution in [0.4, 0.5) is 5.69 Å². The number of hydrogen-bond donors (Lipinski definition) is 2. The molecule has 2 aromatic rings. The number of esters is 1. The van der Waals surface area contributed by atoms with Gasteiger partial charge in [-0.05, 0) is 23.6 Å². The van der Waals surface area contributed by atoms with Crippen LogP contribution in [0.3, 0.4) is 0 Å². The van der Waals surface area contributed by atoms with Crippen LogP contribution in [0.5, 0.6) is 0 Å². The smallest absolute Gasteiger partial charge is 0.306 e. The van der Waals surface area contributed by atoms with E-state index in [2.05, 4.69) is 10.6 Å². The normalized spacial score (nSPS) is 22.5. The molecule has 2 aliphatic rings. The molecule has 1 saturated heterocycles. The van der Waals surface area contributed by atoms with E-state index in [1.54, 1.807) is 6.07 Å². The van der Waals surface area contributed by atoms with Gasteiger partial charge < -0.3 is 20.3 Å². The summed E-state index contributed by atoms with van der Waals surface area (Å²) in [5.74, 6) is -1.99. The summed E-state index contributed by atoms with van der Waals surface area (Å²) in [4.78, 5) is 51.8. The third kappa shape index (κ3) is 4.34. The van der Waals surface area contributed by atoms with Crippen molar-refractivity contribution in [3.05, 3.63) is 65.7 Å². The van der Waals surface area contributed by atoms with E-state index in [9.17, 15) is 19.2 Å². The van der Waals surface area contributed by atoms with Crippen molar-refractivity contribution in [3.63, 3.8) is 0 Å². The summed E-state index contributed by atoms with van der Waals surface area (Å²) in [6.07, 6.45) is 0.0345. The molecule has 3 amide bonds. The van der Waals surface area contributed by atoms with Gasteiger partial charge in [-0.1, -0.05) is 48.5 Å². The molecular formula is C24H25N3O5. The average molecular weight is 435 g/mol. The van der Waals surface area contributed by atoms with Gasteiger partial charge in [0.25, 0.3) is 11.8 Å². The molecule has 3 atom stereocenters. The number of carbonyl (C=O) groups excluding carboxylic acids is 4. The minimum atomic E-state index is -0.929. The van der Waals surface area contributed by atoms with E-state index in [1.165, 1.54) is 11.9 Å². The van der Waals surface area contributed by atoms with E-state index in [0.29, 0.717) is 12.1 Å². The number of rotatable bonds is 5. The van der Waals surface area contributed by atoms with E-state index in [4.69, 9.17) is 4.74 Å². The molecular weight excluding hydrogens is 410 g/mol. The van der Waals surface area contributed by atoms with Crippen LogP contribution < -0.4 is 15.5 Å². The third-order valence-electron chi connectivity index (χ3n) is 5.94. The van der Waals surface area contributed by atoms with Gasteiger partial charge >= 0.3 is 5.97 Å². The number of hydrogen-bond acceptors (Lipinski definition) is 5. The van der Waals surface area contributed by atoms with E-state index >= 15 is 0 Å². The summed E-state index contributed by atoms with van der Waals surface area (Å²) < 4.78 is 5.10. The zero-order valence-electron chi connectivity index (χ0n) is 17.7. The highest BCUT2D eigenvalue weighted by atomic mass is 16.6. The lowest BCUT2D eigenvalue weighted by atomic mass is 9.86. The molecule has 0 spiro atoms. The minimum absolute atomic E-state index is 0.168. The fourth-order valence-corrected chi connectivity index (χ4v) is 4.28. The zero-order chi connectivity index (χ0) is 22.7. The van der Waals surface area contributed by atoms with Gasteiger partial charge in [-0.2, -0.15) is 0 Å². The molecule has 32 heavy (non-hydrogen) atoms. The van der Waals surface area contributed by atoms with Crippen molar-refractivity contribution in [3.8, 4) is 0 Å². The van der Waals surface area contributed by atoms with Crippen molar-refractivity contribution in [1.82, 2.24) is 10.6 Å². The number of likely N-dealkylation sites (N-methyl/N-ethyl adjacent to an activating group) is 1. The predicted molar refractivity (Wildman–Crippen MR) is 117 cm³/mol. The average Bonchev–Trinajstić information content (AvgIpc) is 3.22. The first-order valence-electron chi connectivity index (χ1n) is 10.6. The Morgan fingerprint density at radius 3 is 2.47 bits per heavy atom. The van der Waals surface area contributed by atoms with Gasteiger partial charge in [0.1, 0.15) is 12.6 Å². The van der Waals surface area contributed by atoms with Gasteiger partial charge in [-0.3, -0.25) is 19.2 Å². The Balaban J connectivity index is 1.74. The Bertz CT molecular complexity index is 1040. The molecule has 166 valence electrons. The van der Waals surface area contributed by atoms with Crippen molar-refractivity contribution in [2.45, 2.75) is 37.3 Å². The third-order valence-corrected chi connectivity index (χ3v) is 5.94. The Kier molecular flexibility index (Phi) is 6.20. The second-order valence-electron chi connectivity index (χ2n) is 7.95. The van der Waals surface area contributed by atoms with Gasteiger partial charge in [0.05, 0.1) is 0 Å². The molecule has 8 heteroatoms. The molecule has 0 aromatic heterocycles. The van der Waals surface area contributed by atoms with Crippen LogP contribution in [0.2, 0.25) is 0 Å². The minimum Gasteiger partial charge on any atom is -0.452 e. The van der Waals surface area contributed by atoms with Crippen LogP contribution in [-0.4, -0.2) is 49.4 Å². The molecule has 4 rings (SSSR count). The van der Waals surface area contributed by atoms with Crippen molar-refractivity contribution < 1.29 is 23.9 Å². The summed E-state index contributed by atoms with van der Waals surface area (Å²) in [5.41, 5.74) is 2.44. The Labute approximate surface area is 185 Å². The highest BCUT2D eigenvalue weighted by molar-refractivity contribution is 6.05. The number of nitrogens with zero attached hydrogens (tertiary/aromatic N) is 1.